The molecule has 64 valence electrons. The van der Waals surface area contributed by atoms with Gasteiger partial charge in [0.1, 0.15) is 5.69 Å². The van der Waals surface area contributed by atoms with Gasteiger partial charge in [-0.15, -0.1) is 0 Å². The number of nitrogens with zero attached hydrogens (tertiary/aromatic N) is 2. The van der Waals surface area contributed by atoms with Crippen LogP contribution in [0.5, 0.6) is 0 Å². The van der Waals surface area contributed by atoms with Crippen LogP contribution in [0.3, 0.4) is 0 Å². The van der Waals surface area contributed by atoms with Crippen LogP contribution in [0.15, 0.2) is 41.6 Å². The molecule has 0 spiro atoms. The Balaban J connectivity index is 2.60. The van der Waals surface area contributed by atoms with Crippen LogP contribution in [0.25, 0.3) is 11.3 Å². The zero-order chi connectivity index (χ0) is 9.10. The molecule has 0 atom stereocenters. The molecule has 0 fully saturated rings. The van der Waals surface area contributed by atoms with Gasteiger partial charge in [0.15, 0.2) is 0 Å². The van der Waals surface area contributed by atoms with Crippen LogP contribution in [0.2, 0.25) is 0 Å². The van der Waals surface area contributed by atoms with E-state index >= 15 is 0 Å². The Labute approximate surface area is 74.3 Å². The Bertz CT molecular complexity index is 450. The van der Waals surface area contributed by atoms with E-state index < -0.39 is 0 Å². The lowest BCUT2D eigenvalue weighted by atomic mass is 10.2. The van der Waals surface area contributed by atoms with E-state index in [1.165, 1.54) is 12.3 Å². The van der Waals surface area contributed by atoms with E-state index in [4.69, 9.17) is 0 Å². The lowest BCUT2D eigenvalue weighted by Crippen LogP contribution is -2.05. The second-order valence-corrected chi connectivity index (χ2v) is 2.52. The van der Waals surface area contributed by atoms with Crippen molar-refractivity contribution in [3.05, 3.63) is 47.0 Å². The third-order valence-electron chi connectivity index (χ3n) is 1.67. The predicted molar refractivity (Wildman–Crippen MR) is 48.1 cm³/mol. The first-order valence-electron chi connectivity index (χ1n) is 3.82. The van der Waals surface area contributed by atoms with E-state index in [0.29, 0.717) is 5.69 Å². The SMILES string of the molecule is O=c1cc[nH]nc1-c1ccncc1. The van der Waals surface area contributed by atoms with Crippen LogP contribution in [0.1, 0.15) is 0 Å². The third kappa shape index (κ3) is 1.46. The smallest absolute Gasteiger partial charge is 0.208 e. The zero-order valence-corrected chi connectivity index (χ0v) is 6.77. The molecule has 4 nitrogen and oxygen atoms in total. The summed E-state index contributed by atoms with van der Waals surface area (Å²) in [5, 5.41) is 6.51. The molecule has 2 aromatic rings. The number of hydrogen-bond donors (Lipinski definition) is 1. The van der Waals surface area contributed by atoms with Crippen molar-refractivity contribution < 1.29 is 0 Å². The van der Waals surface area contributed by atoms with Crippen molar-refractivity contribution in [1.29, 1.82) is 0 Å². The molecule has 0 radical (unpaired) electrons. The Morgan fingerprint density at radius 1 is 1.15 bits per heavy atom. The molecule has 0 saturated carbocycles. The normalized spacial score (nSPS) is 9.85. The van der Waals surface area contributed by atoms with Gasteiger partial charge < -0.3 is 0 Å². The van der Waals surface area contributed by atoms with Crippen molar-refractivity contribution in [2.24, 2.45) is 0 Å². The molecular formula is C9H7N3O. The van der Waals surface area contributed by atoms with Crippen LogP contribution >= 0.6 is 0 Å². The lowest BCUT2D eigenvalue weighted by Gasteiger charge is -1.96. The Morgan fingerprint density at radius 2 is 1.92 bits per heavy atom. The summed E-state index contributed by atoms with van der Waals surface area (Å²) < 4.78 is 0. The Kier molecular flexibility index (Phi) is 1.88. The quantitative estimate of drug-likeness (QED) is 0.694. The fraction of sp³-hybridized carbons (Fsp3) is 0. The standard InChI is InChI=1S/C9H7N3O/c13-8-3-6-11-12-9(8)7-1-4-10-5-2-7/h1-6H,(H,11,13). The highest BCUT2D eigenvalue weighted by molar-refractivity contribution is 5.56. The first-order chi connectivity index (χ1) is 6.38. The highest BCUT2D eigenvalue weighted by Gasteiger charge is 2.01. The minimum atomic E-state index is -0.0926. The first kappa shape index (κ1) is 7.67. The average Bonchev–Trinajstić information content (AvgIpc) is 2.20. The van der Waals surface area contributed by atoms with Crippen molar-refractivity contribution in [3.8, 4) is 11.3 Å². The molecule has 0 bridgehead atoms. The molecule has 0 aromatic carbocycles. The number of rotatable bonds is 1. The molecule has 13 heavy (non-hydrogen) atoms. The maximum absolute atomic E-state index is 11.3. The first-order valence-corrected chi connectivity index (χ1v) is 3.82. The molecule has 0 aliphatic rings. The van der Waals surface area contributed by atoms with Crippen LogP contribution in [0.4, 0.5) is 0 Å². The second kappa shape index (κ2) is 3.18. The van der Waals surface area contributed by atoms with E-state index in [1.807, 2.05) is 0 Å². The summed E-state index contributed by atoms with van der Waals surface area (Å²) in [4.78, 5) is 15.2. The fourth-order valence-electron chi connectivity index (χ4n) is 1.07. The lowest BCUT2D eigenvalue weighted by molar-refractivity contribution is 1.02. The van der Waals surface area contributed by atoms with Crippen LogP contribution in [-0.4, -0.2) is 15.2 Å². The van der Waals surface area contributed by atoms with Crippen LogP contribution in [0, 0.1) is 0 Å². The Morgan fingerprint density at radius 3 is 2.62 bits per heavy atom. The molecular weight excluding hydrogens is 166 g/mol. The summed E-state index contributed by atoms with van der Waals surface area (Å²) in [5.74, 6) is 0. The van der Waals surface area contributed by atoms with Gasteiger partial charge in [-0.3, -0.25) is 14.9 Å². The van der Waals surface area contributed by atoms with Gasteiger partial charge in [-0.05, 0) is 12.1 Å². The molecule has 1 N–H and O–H groups in total. The minimum absolute atomic E-state index is 0.0926. The second-order valence-electron chi connectivity index (χ2n) is 2.52. The minimum Gasteiger partial charge on any atom is -0.287 e. The Hall–Kier alpha value is -1.97. The highest BCUT2D eigenvalue weighted by Crippen LogP contribution is 2.08. The van der Waals surface area contributed by atoms with E-state index in [9.17, 15) is 4.79 Å². The van der Waals surface area contributed by atoms with E-state index in [-0.39, 0.29) is 5.43 Å². The summed E-state index contributed by atoms with van der Waals surface area (Å²) in [6.07, 6.45) is 4.76. The number of pyridine rings is 1. The topological polar surface area (TPSA) is 58.6 Å². The molecule has 0 aliphatic heterocycles. The molecule has 2 rings (SSSR count). The number of aromatic amines is 1. The van der Waals surface area contributed by atoms with Gasteiger partial charge in [0.05, 0.1) is 0 Å². The molecule has 0 aliphatic carbocycles. The summed E-state index contributed by atoms with van der Waals surface area (Å²) >= 11 is 0. The van der Waals surface area contributed by atoms with Gasteiger partial charge in [0.25, 0.3) is 0 Å². The monoisotopic (exact) mass is 173 g/mol. The molecule has 0 unspecified atom stereocenters. The molecule has 2 heterocycles. The molecule has 4 heteroatoms. The van der Waals surface area contributed by atoms with Crippen molar-refractivity contribution >= 4 is 0 Å². The predicted octanol–water partition coefficient (Wildman–Crippen LogP) is 0.832. The van der Waals surface area contributed by atoms with Crippen molar-refractivity contribution in [2.45, 2.75) is 0 Å². The van der Waals surface area contributed by atoms with Gasteiger partial charge in [0.2, 0.25) is 5.43 Å². The third-order valence-corrected chi connectivity index (χ3v) is 1.67. The van der Waals surface area contributed by atoms with Crippen molar-refractivity contribution in [2.75, 3.05) is 0 Å². The van der Waals surface area contributed by atoms with E-state index in [0.717, 1.165) is 5.56 Å². The van der Waals surface area contributed by atoms with Crippen LogP contribution < -0.4 is 5.43 Å². The highest BCUT2D eigenvalue weighted by atomic mass is 16.1. The fourth-order valence-corrected chi connectivity index (χ4v) is 1.07. The van der Waals surface area contributed by atoms with E-state index in [1.54, 1.807) is 24.5 Å². The van der Waals surface area contributed by atoms with Gasteiger partial charge in [-0.1, -0.05) is 0 Å². The van der Waals surface area contributed by atoms with Crippen molar-refractivity contribution in [1.82, 2.24) is 15.2 Å². The number of aromatic nitrogens is 3. The molecule has 0 amide bonds. The van der Waals surface area contributed by atoms with Gasteiger partial charge in [0, 0.05) is 30.2 Å². The van der Waals surface area contributed by atoms with Gasteiger partial charge >= 0.3 is 0 Å². The van der Waals surface area contributed by atoms with Gasteiger partial charge in [-0.2, -0.15) is 5.10 Å². The number of hydrogen-bond acceptors (Lipinski definition) is 3. The maximum atomic E-state index is 11.3. The van der Waals surface area contributed by atoms with Crippen molar-refractivity contribution in [3.63, 3.8) is 0 Å². The summed E-state index contributed by atoms with van der Waals surface area (Å²) in [6.45, 7) is 0. The molecule has 0 saturated heterocycles. The van der Waals surface area contributed by atoms with Crippen LogP contribution in [-0.2, 0) is 0 Å². The summed E-state index contributed by atoms with van der Waals surface area (Å²) in [6, 6.07) is 4.94. The average molecular weight is 173 g/mol. The van der Waals surface area contributed by atoms with Gasteiger partial charge in [-0.25, -0.2) is 0 Å². The maximum Gasteiger partial charge on any atom is 0.208 e. The summed E-state index contributed by atoms with van der Waals surface area (Å²) in [7, 11) is 0. The zero-order valence-electron chi connectivity index (χ0n) is 6.77. The molecule has 2 aromatic heterocycles. The summed E-state index contributed by atoms with van der Waals surface area (Å²) in [5.41, 5.74) is 1.10. The number of H-pyrrole nitrogens is 1. The van der Waals surface area contributed by atoms with E-state index in [2.05, 4.69) is 15.2 Å². The largest absolute Gasteiger partial charge is 0.287 e. The number of nitrogens with one attached hydrogen (secondary N) is 1.